The molecule has 200 valence electrons. The first-order chi connectivity index (χ1) is 18.3. The summed E-state index contributed by atoms with van der Waals surface area (Å²) in [4.78, 5) is 6.09. The average Bonchev–Trinajstić information content (AvgIpc) is 3.59. The third kappa shape index (κ3) is 7.55. The van der Waals surface area contributed by atoms with Gasteiger partial charge in [-0.2, -0.15) is 18.4 Å². The SMILES string of the molecule is N#Cc1ccc(Cn2cncc2CCCN(Cc2ccccc2C(F)(F)F)C(=S)NCC2CCCO2)cc1. The van der Waals surface area contributed by atoms with E-state index in [0.29, 0.717) is 43.2 Å². The molecular formula is C28H30F3N5OS. The van der Waals surface area contributed by atoms with Gasteiger partial charge in [0.15, 0.2) is 5.11 Å². The summed E-state index contributed by atoms with van der Waals surface area (Å²) >= 11 is 5.63. The predicted octanol–water partition coefficient (Wildman–Crippen LogP) is 5.31. The molecule has 1 aliphatic heterocycles. The molecule has 0 spiro atoms. The molecule has 0 amide bonds. The Bertz CT molecular complexity index is 1250. The predicted molar refractivity (Wildman–Crippen MR) is 142 cm³/mol. The number of rotatable bonds is 10. The Morgan fingerprint density at radius 3 is 2.71 bits per heavy atom. The number of nitrogens with one attached hydrogen (secondary N) is 1. The molecule has 2 heterocycles. The molecule has 38 heavy (non-hydrogen) atoms. The van der Waals surface area contributed by atoms with Crippen molar-refractivity contribution in [2.75, 3.05) is 19.7 Å². The topological polar surface area (TPSA) is 66.1 Å². The van der Waals surface area contributed by atoms with Gasteiger partial charge in [-0.15, -0.1) is 0 Å². The molecule has 1 fully saturated rings. The summed E-state index contributed by atoms with van der Waals surface area (Å²) in [5, 5.41) is 12.6. The van der Waals surface area contributed by atoms with Gasteiger partial charge < -0.3 is 19.5 Å². The van der Waals surface area contributed by atoms with E-state index in [-0.39, 0.29) is 18.2 Å². The molecule has 2 aromatic carbocycles. The van der Waals surface area contributed by atoms with E-state index >= 15 is 0 Å². The average molecular weight is 542 g/mol. The number of nitriles is 1. The molecule has 3 aromatic rings. The minimum Gasteiger partial charge on any atom is -0.376 e. The van der Waals surface area contributed by atoms with E-state index in [1.807, 2.05) is 16.7 Å². The van der Waals surface area contributed by atoms with Crippen molar-refractivity contribution in [1.29, 1.82) is 5.26 Å². The molecule has 1 unspecified atom stereocenters. The smallest absolute Gasteiger partial charge is 0.376 e. The number of ether oxygens (including phenoxy) is 1. The van der Waals surface area contributed by atoms with Gasteiger partial charge in [-0.1, -0.05) is 30.3 Å². The molecule has 0 aliphatic carbocycles. The largest absolute Gasteiger partial charge is 0.416 e. The maximum Gasteiger partial charge on any atom is 0.416 e. The van der Waals surface area contributed by atoms with Gasteiger partial charge >= 0.3 is 6.18 Å². The number of alkyl halides is 3. The third-order valence-electron chi connectivity index (χ3n) is 6.57. The van der Waals surface area contributed by atoms with E-state index in [1.54, 1.807) is 35.6 Å². The fraction of sp³-hybridized carbons (Fsp3) is 0.393. The Kier molecular flexibility index (Phi) is 9.37. The second kappa shape index (κ2) is 12.9. The van der Waals surface area contributed by atoms with Crippen molar-refractivity contribution >= 4 is 17.3 Å². The summed E-state index contributed by atoms with van der Waals surface area (Å²) in [6.07, 6.45) is 2.49. The standard InChI is InChI=1S/C28H30F3N5OS/c29-28(30,31)26-8-2-1-5-23(26)19-35(27(38)34-17-25-7-4-14-37-25)13-3-6-24-16-33-20-36(24)18-22-11-9-21(15-32)10-12-22/h1-2,5,8-12,16,20,25H,3-4,6-7,13-14,17-19H2,(H,34,38). The zero-order chi connectivity index (χ0) is 27.0. The normalized spacial score (nSPS) is 15.3. The van der Waals surface area contributed by atoms with E-state index in [0.717, 1.165) is 36.8 Å². The minimum atomic E-state index is -4.44. The lowest BCUT2D eigenvalue weighted by atomic mass is 10.1. The van der Waals surface area contributed by atoms with Crippen molar-refractivity contribution in [3.05, 3.63) is 89.0 Å². The number of imidazole rings is 1. The molecule has 1 aromatic heterocycles. The summed E-state index contributed by atoms with van der Waals surface area (Å²) < 4.78 is 48.6. The maximum absolute atomic E-state index is 13.6. The van der Waals surface area contributed by atoms with Crippen LogP contribution in [0, 0.1) is 11.3 Å². The molecule has 0 radical (unpaired) electrons. The summed E-state index contributed by atoms with van der Waals surface area (Å²) in [7, 11) is 0. The number of hydrogen-bond acceptors (Lipinski definition) is 4. The first-order valence-electron chi connectivity index (χ1n) is 12.6. The quantitative estimate of drug-likeness (QED) is 0.351. The van der Waals surface area contributed by atoms with Crippen LogP contribution in [0.2, 0.25) is 0 Å². The molecule has 10 heteroatoms. The lowest BCUT2D eigenvalue weighted by Gasteiger charge is -2.28. The minimum absolute atomic E-state index is 0.0531. The van der Waals surface area contributed by atoms with Crippen LogP contribution in [-0.2, 0) is 30.4 Å². The molecular weight excluding hydrogens is 511 g/mol. The van der Waals surface area contributed by atoms with Crippen molar-refractivity contribution in [1.82, 2.24) is 19.8 Å². The second-order valence-corrected chi connectivity index (χ2v) is 9.71. The molecule has 1 saturated heterocycles. The summed E-state index contributed by atoms with van der Waals surface area (Å²) in [6, 6.07) is 15.2. The van der Waals surface area contributed by atoms with Crippen LogP contribution in [0.3, 0.4) is 0 Å². The van der Waals surface area contributed by atoms with Gasteiger partial charge in [0.2, 0.25) is 0 Å². The van der Waals surface area contributed by atoms with Gasteiger partial charge in [-0.05, 0) is 67.2 Å². The lowest BCUT2D eigenvalue weighted by Crippen LogP contribution is -2.43. The molecule has 1 atom stereocenters. The molecule has 0 saturated carbocycles. The van der Waals surface area contributed by atoms with Gasteiger partial charge in [0, 0.05) is 44.7 Å². The zero-order valence-electron chi connectivity index (χ0n) is 21.0. The number of aromatic nitrogens is 2. The highest BCUT2D eigenvalue weighted by atomic mass is 32.1. The Morgan fingerprint density at radius 1 is 1.21 bits per heavy atom. The molecule has 4 rings (SSSR count). The van der Waals surface area contributed by atoms with Crippen LogP contribution < -0.4 is 5.32 Å². The molecule has 1 N–H and O–H groups in total. The van der Waals surface area contributed by atoms with Crippen LogP contribution in [0.5, 0.6) is 0 Å². The van der Waals surface area contributed by atoms with Gasteiger partial charge in [-0.3, -0.25) is 0 Å². The third-order valence-corrected chi connectivity index (χ3v) is 6.97. The van der Waals surface area contributed by atoms with Crippen molar-refractivity contribution in [3.63, 3.8) is 0 Å². The number of aryl methyl sites for hydroxylation is 1. The zero-order valence-corrected chi connectivity index (χ0v) is 21.8. The maximum atomic E-state index is 13.6. The van der Waals surface area contributed by atoms with Gasteiger partial charge in [0.25, 0.3) is 0 Å². The van der Waals surface area contributed by atoms with Crippen LogP contribution in [0.15, 0.2) is 61.1 Å². The van der Waals surface area contributed by atoms with Crippen LogP contribution >= 0.6 is 12.2 Å². The van der Waals surface area contributed by atoms with Gasteiger partial charge in [0.05, 0.1) is 29.6 Å². The Hall–Kier alpha value is -3.42. The lowest BCUT2D eigenvalue weighted by molar-refractivity contribution is -0.138. The van der Waals surface area contributed by atoms with Gasteiger partial charge in [0.1, 0.15) is 0 Å². The molecule has 1 aliphatic rings. The summed E-state index contributed by atoms with van der Waals surface area (Å²) in [5.74, 6) is 0. The van der Waals surface area contributed by atoms with Crippen LogP contribution in [-0.4, -0.2) is 45.4 Å². The van der Waals surface area contributed by atoms with E-state index in [4.69, 9.17) is 22.2 Å². The van der Waals surface area contributed by atoms with Crippen molar-refractivity contribution < 1.29 is 17.9 Å². The van der Waals surface area contributed by atoms with E-state index in [1.165, 1.54) is 12.1 Å². The monoisotopic (exact) mass is 541 g/mol. The number of halogens is 3. The summed E-state index contributed by atoms with van der Waals surface area (Å²) in [5.41, 5.74) is 2.21. The highest BCUT2D eigenvalue weighted by molar-refractivity contribution is 7.80. The number of thiocarbonyl (C=S) groups is 1. The Balaban J connectivity index is 1.42. The fourth-order valence-electron chi connectivity index (χ4n) is 4.54. The Labute approximate surface area is 226 Å². The van der Waals surface area contributed by atoms with Crippen LogP contribution in [0.25, 0.3) is 0 Å². The highest BCUT2D eigenvalue weighted by Gasteiger charge is 2.33. The number of nitrogens with zero attached hydrogens (tertiary/aromatic N) is 4. The number of hydrogen-bond donors (Lipinski definition) is 1. The van der Waals surface area contributed by atoms with E-state index < -0.39 is 11.7 Å². The first-order valence-corrected chi connectivity index (χ1v) is 13.0. The second-order valence-electron chi connectivity index (χ2n) is 9.32. The Morgan fingerprint density at radius 2 is 2.00 bits per heavy atom. The van der Waals surface area contributed by atoms with E-state index in [9.17, 15) is 13.2 Å². The first kappa shape index (κ1) is 27.6. The van der Waals surface area contributed by atoms with Crippen LogP contribution in [0.1, 0.15) is 47.2 Å². The van der Waals surface area contributed by atoms with Crippen molar-refractivity contribution in [3.8, 4) is 6.07 Å². The fourth-order valence-corrected chi connectivity index (χ4v) is 4.78. The summed E-state index contributed by atoms with van der Waals surface area (Å²) in [6.45, 7) is 2.40. The van der Waals surface area contributed by atoms with Crippen molar-refractivity contribution in [2.45, 2.75) is 51.1 Å². The van der Waals surface area contributed by atoms with Crippen LogP contribution in [0.4, 0.5) is 13.2 Å². The highest BCUT2D eigenvalue weighted by Crippen LogP contribution is 2.32. The van der Waals surface area contributed by atoms with E-state index in [2.05, 4.69) is 16.4 Å². The molecule has 6 nitrogen and oxygen atoms in total. The van der Waals surface area contributed by atoms with Gasteiger partial charge in [-0.25, -0.2) is 4.98 Å². The number of benzene rings is 2. The van der Waals surface area contributed by atoms with Crippen molar-refractivity contribution in [2.24, 2.45) is 0 Å². The molecule has 0 bridgehead atoms.